The van der Waals surface area contributed by atoms with Crippen LogP contribution in [0.2, 0.25) is 0 Å². The molecule has 1 N–H and O–H groups in total. The van der Waals surface area contributed by atoms with Gasteiger partial charge in [0, 0.05) is 6.20 Å². The van der Waals surface area contributed by atoms with Crippen molar-refractivity contribution in [1.82, 2.24) is 9.97 Å². The van der Waals surface area contributed by atoms with Gasteiger partial charge in [0.15, 0.2) is 5.69 Å². The van der Waals surface area contributed by atoms with Gasteiger partial charge in [0.25, 0.3) is 0 Å². The highest BCUT2D eigenvalue weighted by atomic mass is 16.5. The van der Waals surface area contributed by atoms with Crippen LogP contribution in [0.5, 0.6) is 0 Å². The van der Waals surface area contributed by atoms with E-state index >= 15 is 0 Å². The number of esters is 1. The molecule has 0 aliphatic carbocycles. The van der Waals surface area contributed by atoms with Gasteiger partial charge in [-0.1, -0.05) is 0 Å². The van der Waals surface area contributed by atoms with Crippen molar-refractivity contribution in [3.8, 4) is 0 Å². The van der Waals surface area contributed by atoms with E-state index in [4.69, 9.17) is 5.41 Å². The number of nitrogens with one attached hydrogen (secondary N) is 1. The van der Waals surface area contributed by atoms with Crippen LogP contribution in [-0.2, 0) is 4.74 Å². The molecule has 0 fully saturated rings. The molecule has 5 heteroatoms. The van der Waals surface area contributed by atoms with Crippen LogP contribution in [-0.4, -0.2) is 21.8 Å². The molecule has 2 rings (SSSR count). The van der Waals surface area contributed by atoms with Crippen LogP contribution in [0.1, 0.15) is 16.1 Å². The van der Waals surface area contributed by atoms with Crippen molar-refractivity contribution in [3.63, 3.8) is 0 Å². The first-order valence-corrected chi connectivity index (χ1v) is 2.90. The highest BCUT2D eigenvalue weighted by molar-refractivity contribution is 6.14. The van der Waals surface area contributed by atoms with Gasteiger partial charge in [0.1, 0.15) is 6.33 Å². The molecule has 1 aromatic rings. The van der Waals surface area contributed by atoms with E-state index in [2.05, 4.69) is 14.7 Å². The first-order chi connectivity index (χ1) is 5.29. The number of ether oxygens (including phenoxy) is 1. The number of hydrogen-bond acceptors (Lipinski definition) is 5. The van der Waals surface area contributed by atoms with Crippen molar-refractivity contribution in [2.45, 2.75) is 0 Å². The molecule has 0 amide bonds. The van der Waals surface area contributed by atoms with Gasteiger partial charge < -0.3 is 4.74 Å². The second-order valence-electron chi connectivity index (χ2n) is 2.00. The molecule has 0 saturated carbocycles. The average molecular weight is 149 g/mol. The number of aromatic nitrogens is 2. The molecule has 0 unspecified atom stereocenters. The minimum atomic E-state index is -0.576. The summed E-state index contributed by atoms with van der Waals surface area (Å²) in [5.41, 5.74) is 0.530. The summed E-state index contributed by atoms with van der Waals surface area (Å²) < 4.78 is 4.47. The average Bonchev–Trinajstić information content (AvgIpc) is 2.30. The third-order valence-corrected chi connectivity index (χ3v) is 1.34. The minimum Gasteiger partial charge on any atom is -0.403 e. The summed E-state index contributed by atoms with van der Waals surface area (Å²) in [6, 6.07) is 0. The molecular weight excluding hydrogens is 146 g/mol. The maximum atomic E-state index is 10.8. The molecule has 0 saturated heterocycles. The van der Waals surface area contributed by atoms with Crippen molar-refractivity contribution < 1.29 is 9.53 Å². The zero-order valence-electron chi connectivity index (χ0n) is 5.37. The Hall–Kier alpha value is -1.78. The lowest BCUT2D eigenvalue weighted by Crippen LogP contribution is -1.97. The third kappa shape index (κ3) is 0.706. The number of nitrogens with zero attached hydrogens (tertiary/aromatic N) is 2. The van der Waals surface area contributed by atoms with Crippen LogP contribution in [0.3, 0.4) is 0 Å². The predicted octanol–water partition coefficient (Wildman–Crippen LogP) is -0.0276. The summed E-state index contributed by atoms with van der Waals surface area (Å²) in [4.78, 5) is 18.1. The lowest BCUT2D eigenvalue weighted by Gasteiger charge is -1.87. The zero-order chi connectivity index (χ0) is 7.84. The van der Waals surface area contributed by atoms with E-state index in [0.29, 0.717) is 5.56 Å². The molecule has 11 heavy (non-hydrogen) atoms. The second-order valence-corrected chi connectivity index (χ2v) is 2.00. The minimum absolute atomic E-state index is 0.171. The van der Waals surface area contributed by atoms with Gasteiger partial charge in [0.2, 0.25) is 5.90 Å². The Morgan fingerprint density at radius 3 is 3.09 bits per heavy atom. The fourth-order valence-corrected chi connectivity index (χ4v) is 0.854. The number of cyclic esters (lactones) is 1. The van der Waals surface area contributed by atoms with Crippen LogP contribution in [0, 0.1) is 5.41 Å². The SMILES string of the molecule is N=C1OC(=O)c2ncncc21. The topological polar surface area (TPSA) is 75.9 Å². The molecule has 1 aromatic heterocycles. The van der Waals surface area contributed by atoms with Gasteiger partial charge in [0.05, 0.1) is 5.56 Å². The third-order valence-electron chi connectivity index (χ3n) is 1.34. The number of carbonyl (C=O) groups is 1. The van der Waals surface area contributed by atoms with E-state index in [-0.39, 0.29) is 11.6 Å². The van der Waals surface area contributed by atoms with E-state index in [1.807, 2.05) is 0 Å². The standard InChI is InChI=1S/C6H3N3O2/c7-5-3-1-8-2-9-4(3)6(10)11-5/h1-2,7H. The molecule has 0 aromatic carbocycles. The van der Waals surface area contributed by atoms with Gasteiger partial charge in [-0.2, -0.15) is 0 Å². The lowest BCUT2D eigenvalue weighted by molar-refractivity contribution is 0.0730. The molecule has 0 bridgehead atoms. The maximum Gasteiger partial charge on any atom is 0.364 e. The Morgan fingerprint density at radius 1 is 1.55 bits per heavy atom. The fraction of sp³-hybridized carbons (Fsp3) is 0. The molecule has 1 aliphatic rings. The molecule has 1 aliphatic heterocycles. The molecule has 5 nitrogen and oxygen atoms in total. The first kappa shape index (κ1) is 5.96. The Morgan fingerprint density at radius 2 is 2.36 bits per heavy atom. The molecule has 2 heterocycles. The summed E-state index contributed by atoms with van der Waals surface area (Å²) in [5.74, 6) is -0.752. The van der Waals surface area contributed by atoms with Crippen molar-refractivity contribution in [1.29, 1.82) is 5.41 Å². The van der Waals surface area contributed by atoms with Crippen LogP contribution in [0.4, 0.5) is 0 Å². The maximum absolute atomic E-state index is 10.8. The van der Waals surface area contributed by atoms with Crippen molar-refractivity contribution >= 4 is 11.9 Å². The quantitative estimate of drug-likeness (QED) is 0.525. The van der Waals surface area contributed by atoms with Gasteiger partial charge in [-0.3, -0.25) is 5.41 Å². The monoisotopic (exact) mass is 149 g/mol. The highest BCUT2D eigenvalue weighted by Gasteiger charge is 2.27. The van der Waals surface area contributed by atoms with Crippen molar-refractivity contribution in [3.05, 3.63) is 23.8 Å². The van der Waals surface area contributed by atoms with E-state index in [1.54, 1.807) is 0 Å². The number of carbonyl (C=O) groups excluding carboxylic acids is 1. The van der Waals surface area contributed by atoms with E-state index in [1.165, 1.54) is 12.5 Å². The second kappa shape index (κ2) is 1.85. The molecule has 54 valence electrons. The predicted molar refractivity (Wildman–Crippen MR) is 34.3 cm³/mol. The van der Waals surface area contributed by atoms with Gasteiger partial charge in [-0.15, -0.1) is 0 Å². The molecule has 0 atom stereocenters. The van der Waals surface area contributed by atoms with Crippen LogP contribution in [0.15, 0.2) is 12.5 Å². The van der Waals surface area contributed by atoms with E-state index in [0.717, 1.165) is 0 Å². The van der Waals surface area contributed by atoms with Gasteiger partial charge in [-0.25, -0.2) is 14.8 Å². The van der Waals surface area contributed by atoms with Crippen molar-refractivity contribution in [2.24, 2.45) is 0 Å². The number of rotatable bonds is 0. The van der Waals surface area contributed by atoms with Crippen LogP contribution >= 0.6 is 0 Å². The first-order valence-electron chi connectivity index (χ1n) is 2.90. The Labute approximate surface area is 61.6 Å². The summed E-state index contributed by atoms with van der Waals surface area (Å²) in [7, 11) is 0. The van der Waals surface area contributed by atoms with Gasteiger partial charge >= 0.3 is 5.97 Å². The molecule has 0 spiro atoms. The van der Waals surface area contributed by atoms with Crippen LogP contribution < -0.4 is 0 Å². The summed E-state index contributed by atoms with van der Waals surface area (Å²) >= 11 is 0. The normalized spacial score (nSPS) is 14.5. The van der Waals surface area contributed by atoms with Gasteiger partial charge in [-0.05, 0) is 0 Å². The van der Waals surface area contributed by atoms with Crippen LogP contribution in [0.25, 0.3) is 0 Å². The van der Waals surface area contributed by atoms with Crippen molar-refractivity contribution in [2.75, 3.05) is 0 Å². The van der Waals surface area contributed by atoms with E-state index < -0.39 is 5.97 Å². The molecule has 0 radical (unpaired) electrons. The van der Waals surface area contributed by atoms with E-state index in [9.17, 15) is 4.79 Å². The summed E-state index contributed by atoms with van der Waals surface area (Å²) in [5, 5.41) is 7.14. The Bertz CT molecular complexity index is 314. The Balaban J connectivity index is 2.69. The molecular formula is C6H3N3O2. The number of hydrogen-bond donors (Lipinski definition) is 1. The largest absolute Gasteiger partial charge is 0.403 e. The highest BCUT2D eigenvalue weighted by Crippen LogP contribution is 2.14. The fourth-order valence-electron chi connectivity index (χ4n) is 0.854. The lowest BCUT2D eigenvalue weighted by atomic mass is 10.3. The Kier molecular flexibility index (Phi) is 1.00. The summed E-state index contributed by atoms with van der Waals surface area (Å²) in [6.45, 7) is 0. The smallest absolute Gasteiger partial charge is 0.364 e. The summed E-state index contributed by atoms with van der Waals surface area (Å²) in [6.07, 6.45) is 2.63. The number of fused-ring (bicyclic) bond motifs is 1. The zero-order valence-corrected chi connectivity index (χ0v) is 5.37.